The molecule has 0 spiro atoms. The number of imidazole rings is 1. The van der Waals surface area contributed by atoms with Gasteiger partial charge >= 0.3 is 0 Å². The Hall–Kier alpha value is -1.61. The van der Waals surface area contributed by atoms with Crippen LogP contribution in [0.4, 0.5) is 0 Å². The van der Waals surface area contributed by atoms with Crippen LogP contribution in [0.25, 0.3) is 0 Å². The van der Waals surface area contributed by atoms with Crippen molar-refractivity contribution >= 4 is 0 Å². The summed E-state index contributed by atoms with van der Waals surface area (Å²) in [6.07, 6.45) is 3.09. The van der Waals surface area contributed by atoms with E-state index in [0.717, 1.165) is 6.54 Å². The minimum atomic E-state index is -0.528. The van der Waals surface area contributed by atoms with Gasteiger partial charge in [-0.1, -0.05) is 29.8 Å². The smallest absolute Gasteiger partial charge is 0.137 e. The average Bonchev–Trinajstić information content (AvgIpc) is 2.66. The van der Waals surface area contributed by atoms with Gasteiger partial charge in [-0.05, 0) is 19.4 Å². The van der Waals surface area contributed by atoms with E-state index in [2.05, 4.69) is 30.1 Å². The summed E-state index contributed by atoms with van der Waals surface area (Å²) in [4.78, 5) is 4.15. The minimum absolute atomic E-state index is 0.528. The topological polar surface area (TPSA) is 38.0 Å². The Kier molecular flexibility index (Phi) is 3.06. The molecular formula is C13H16N2O. The first-order chi connectivity index (χ1) is 7.66. The van der Waals surface area contributed by atoms with Crippen LogP contribution in [0.15, 0.2) is 36.7 Å². The zero-order chi connectivity index (χ0) is 11.5. The number of hydrogen-bond acceptors (Lipinski definition) is 2. The second kappa shape index (κ2) is 4.49. The zero-order valence-electron chi connectivity index (χ0n) is 9.59. The molecule has 1 unspecified atom stereocenters. The fraction of sp³-hybridized carbons (Fsp3) is 0.308. The highest BCUT2D eigenvalue weighted by molar-refractivity contribution is 5.22. The van der Waals surface area contributed by atoms with Crippen molar-refractivity contribution in [2.24, 2.45) is 0 Å². The fourth-order valence-electron chi connectivity index (χ4n) is 1.83. The van der Waals surface area contributed by atoms with Crippen molar-refractivity contribution in [3.05, 3.63) is 53.6 Å². The number of aliphatic hydroxyl groups is 1. The van der Waals surface area contributed by atoms with E-state index in [-0.39, 0.29) is 0 Å². The molecule has 0 aliphatic heterocycles. The summed E-state index contributed by atoms with van der Waals surface area (Å²) in [6.45, 7) is 4.56. The van der Waals surface area contributed by atoms with Crippen molar-refractivity contribution in [3.8, 4) is 0 Å². The Bertz CT molecular complexity index is 474. The lowest BCUT2D eigenvalue weighted by Gasteiger charge is -2.10. The third-order valence-electron chi connectivity index (χ3n) is 2.56. The van der Waals surface area contributed by atoms with E-state index in [1.54, 1.807) is 13.1 Å². The lowest BCUT2D eigenvalue weighted by atomic mass is 10.1. The van der Waals surface area contributed by atoms with Crippen molar-refractivity contribution in [3.63, 3.8) is 0 Å². The van der Waals surface area contributed by atoms with Crippen LogP contribution in [0.2, 0.25) is 0 Å². The standard InChI is InChI=1S/C13H16N2O/c1-10-4-3-5-12(8-10)9-15-7-6-14-13(15)11(2)16/h3-8,11,16H,9H2,1-2H3. The molecule has 0 aliphatic rings. The Morgan fingerprint density at radius 1 is 1.44 bits per heavy atom. The van der Waals surface area contributed by atoms with E-state index in [4.69, 9.17) is 0 Å². The van der Waals surface area contributed by atoms with E-state index in [1.165, 1.54) is 11.1 Å². The molecule has 2 rings (SSSR count). The highest BCUT2D eigenvalue weighted by atomic mass is 16.3. The van der Waals surface area contributed by atoms with Gasteiger partial charge in [0, 0.05) is 18.9 Å². The summed E-state index contributed by atoms with van der Waals surface area (Å²) in [6, 6.07) is 8.35. The highest BCUT2D eigenvalue weighted by Crippen LogP contribution is 2.12. The molecule has 0 radical (unpaired) electrons. The average molecular weight is 216 g/mol. The van der Waals surface area contributed by atoms with E-state index >= 15 is 0 Å². The summed E-state index contributed by atoms with van der Waals surface area (Å²) in [5.74, 6) is 0.710. The Morgan fingerprint density at radius 3 is 2.94 bits per heavy atom. The molecule has 0 saturated heterocycles. The normalized spacial score (nSPS) is 12.7. The van der Waals surface area contributed by atoms with Gasteiger partial charge in [-0.3, -0.25) is 0 Å². The van der Waals surface area contributed by atoms with Crippen LogP contribution in [0.3, 0.4) is 0 Å². The van der Waals surface area contributed by atoms with Crippen molar-refractivity contribution in [2.45, 2.75) is 26.5 Å². The molecule has 3 nitrogen and oxygen atoms in total. The number of aliphatic hydroxyl groups excluding tert-OH is 1. The molecule has 3 heteroatoms. The highest BCUT2D eigenvalue weighted by Gasteiger charge is 2.08. The van der Waals surface area contributed by atoms with Gasteiger partial charge in [0.15, 0.2) is 0 Å². The number of benzene rings is 1. The zero-order valence-corrected chi connectivity index (χ0v) is 9.59. The van der Waals surface area contributed by atoms with Gasteiger partial charge in [0.25, 0.3) is 0 Å². The summed E-state index contributed by atoms with van der Waals surface area (Å²) >= 11 is 0. The van der Waals surface area contributed by atoms with Crippen molar-refractivity contribution < 1.29 is 5.11 Å². The first-order valence-electron chi connectivity index (χ1n) is 5.41. The summed E-state index contributed by atoms with van der Waals surface area (Å²) < 4.78 is 1.97. The molecule has 0 amide bonds. The first kappa shape index (κ1) is 10.9. The second-order valence-electron chi connectivity index (χ2n) is 4.08. The monoisotopic (exact) mass is 216 g/mol. The minimum Gasteiger partial charge on any atom is -0.385 e. The predicted octanol–water partition coefficient (Wildman–Crippen LogP) is 2.29. The van der Waals surface area contributed by atoms with Gasteiger partial charge < -0.3 is 9.67 Å². The van der Waals surface area contributed by atoms with E-state index in [1.807, 2.05) is 16.8 Å². The van der Waals surface area contributed by atoms with E-state index < -0.39 is 6.10 Å². The van der Waals surface area contributed by atoms with Crippen LogP contribution < -0.4 is 0 Å². The Labute approximate surface area is 95.4 Å². The largest absolute Gasteiger partial charge is 0.385 e. The molecule has 0 fully saturated rings. The van der Waals surface area contributed by atoms with Crippen LogP contribution in [0.5, 0.6) is 0 Å². The van der Waals surface area contributed by atoms with Crippen LogP contribution in [0.1, 0.15) is 30.0 Å². The molecule has 1 N–H and O–H groups in total. The van der Waals surface area contributed by atoms with Crippen LogP contribution >= 0.6 is 0 Å². The molecule has 1 heterocycles. The maximum Gasteiger partial charge on any atom is 0.137 e. The number of rotatable bonds is 3. The van der Waals surface area contributed by atoms with Gasteiger partial charge in [-0.25, -0.2) is 4.98 Å². The summed E-state index contributed by atoms with van der Waals surface area (Å²) in [5, 5.41) is 9.54. The van der Waals surface area contributed by atoms with Gasteiger partial charge in [-0.15, -0.1) is 0 Å². The lowest BCUT2D eigenvalue weighted by molar-refractivity contribution is 0.184. The molecule has 0 bridgehead atoms. The Balaban J connectivity index is 2.24. The SMILES string of the molecule is Cc1cccc(Cn2ccnc2C(C)O)c1. The van der Waals surface area contributed by atoms with E-state index in [9.17, 15) is 5.11 Å². The van der Waals surface area contributed by atoms with Gasteiger partial charge in [0.2, 0.25) is 0 Å². The molecule has 1 aromatic heterocycles. The second-order valence-corrected chi connectivity index (χ2v) is 4.08. The first-order valence-corrected chi connectivity index (χ1v) is 5.41. The maximum absolute atomic E-state index is 9.54. The van der Waals surface area contributed by atoms with Gasteiger partial charge in [0.05, 0.1) is 0 Å². The lowest BCUT2D eigenvalue weighted by Crippen LogP contribution is -2.07. The van der Waals surface area contributed by atoms with Crippen molar-refractivity contribution in [1.29, 1.82) is 0 Å². The van der Waals surface area contributed by atoms with Crippen LogP contribution in [-0.4, -0.2) is 14.7 Å². The summed E-state index contributed by atoms with van der Waals surface area (Å²) in [7, 11) is 0. The number of aromatic nitrogens is 2. The number of aryl methyl sites for hydroxylation is 1. The summed E-state index contributed by atoms with van der Waals surface area (Å²) in [5.41, 5.74) is 2.47. The van der Waals surface area contributed by atoms with Crippen LogP contribution in [-0.2, 0) is 6.54 Å². The molecule has 1 aromatic carbocycles. The van der Waals surface area contributed by atoms with Gasteiger partial charge in [-0.2, -0.15) is 0 Å². The maximum atomic E-state index is 9.54. The van der Waals surface area contributed by atoms with E-state index in [0.29, 0.717) is 5.82 Å². The quantitative estimate of drug-likeness (QED) is 0.854. The molecule has 16 heavy (non-hydrogen) atoms. The third-order valence-corrected chi connectivity index (χ3v) is 2.56. The molecule has 84 valence electrons. The number of nitrogens with zero attached hydrogens (tertiary/aromatic N) is 2. The van der Waals surface area contributed by atoms with Crippen molar-refractivity contribution in [2.75, 3.05) is 0 Å². The molecule has 0 saturated carbocycles. The fourth-order valence-corrected chi connectivity index (χ4v) is 1.83. The molecular weight excluding hydrogens is 200 g/mol. The molecule has 2 aromatic rings. The molecule has 1 atom stereocenters. The Morgan fingerprint density at radius 2 is 2.25 bits per heavy atom. The number of hydrogen-bond donors (Lipinski definition) is 1. The predicted molar refractivity (Wildman–Crippen MR) is 63.1 cm³/mol. The van der Waals surface area contributed by atoms with Crippen molar-refractivity contribution in [1.82, 2.24) is 9.55 Å². The van der Waals surface area contributed by atoms with Crippen LogP contribution in [0, 0.1) is 6.92 Å². The van der Waals surface area contributed by atoms with Gasteiger partial charge in [0.1, 0.15) is 11.9 Å². The third kappa shape index (κ3) is 2.31. The molecule has 0 aliphatic carbocycles.